The molecule has 3 aromatic rings. The topological polar surface area (TPSA) is 83.3 Å². The maximum atomic E-state index is 12.4. The smallest absolute Gasteiger partial charge is 0.236 e. The third-order valence-electron chi connectivity index (χ3n) is 7.32. The van der Waals surface area contributed by atoms with E-state index in [2.05, 4.69) is 40.6 Å². The number of benzene rings is 1. The number of aromatic nitrogens is 5. The Bertz CT molecular complexity index is 1230. The SMILES string of the molecule is CN(C)C(=O)CN1Cc2cc(Cl)ccc2-n2c(nnc2C2CC3(C2)CN(c2ccncn2)C3)C1. The second-order valence-corrected chi connectivity index (χ2v) is 10.5. The predicted molar refractivity (Wildman–Crippen MR) is 128 cm³/mol. The second kappa shape index (κ2) is 8.02. The molecule has 10 heteroatoms. The van der Waals surface area contributed by atoms with Gasteiger partial charge in [0.2, 0.25) is 5.91 Å². The number of carbonyl (C=O) groups is 1. The van der Waals surface area contributed by atoms with E-state index >= 15 is 0 Å². The van der Waals surface area contributed by atoms with Crippen LogP contribution in [0.25, 0.3) is 5.69 Å². The summed E-state index contributed by atoms with van der Waals surface area (Å²) in [5, 5.41) is 9.93. The van der Waals surface area contributed by atoms with Gasteiger partial charge in [0.25, 0.3) is 0 Å². The van der Waals surface area contributed by atoms with Crippen molar-refractivity contribution >= 4 is 23.3 Å². The number of fused-ring (bicyclic) bond motifs is 3. The molecule has 1 amide bonds. The highest BCUT2D eigenvalue weighted by Gasteiger charge is 2.54. The summed E-state index contributed by atoms with van der Waals surface area (Å²) in [7, 11) is 3.56. The minimum absolute atomic E-state index is 0.0657. The number of amides is 1. The zero-order valence-electron chi connectivity index (χ0n) is 19.4. The van der Waals surface area contributed by atoms with Crippen molar-refractivity contribution in [2.45, 2.75) is 31.8 Å². The average molecular weight is 479 g/mol. The van der Waals surface area contributed by atoms with Gasteiger partial charge in [-0.2, -0.15) is 0 Å². The van der Waals surface area contributed by atoms with E-state index in [-0.39, 0.29) is 5.91 Å². The van der Waals surface area contributed by atoms with E-state index in [4.69, 9.17) is 11.6 Å². The normalized spacial score (nSPS) is 19.1. The van der Waals surface area contributed by atoms with Gasteiger partial charge in [0, 0.05) is 56.3 Å². The molecule has 1 aliphatic carbocycles. The minimum atomic E-state index is 0.0657. The molecule has 0 bridgehead atoms. The number of hydrogen-bond donors (Lipinski definition) is 0. The van der Waals surface area contributed by atoms with Crippen molar-refractivity contribution in [1.29, 1.82) is 0 Å². The molecule has 3 aliphatic rings. The lowest BCUT2D eigenvalue weighted by atomic mass is 9.57. The quantitative estimate of drug-likeness (QED) is 0.569. The number of nitrogens with zero attached hydrogens (tertiary/aromatic N) is 8. The van der Waals surface area contributed by atoms with Crippen LogP contribution in [0.3, 0.4) is 0 Å². The monoisotopic (exact) mass is 478 g/mol. The van der Waals surface area contributed by atoms with Gasteiger partial charge in [0.1, 0.15) is 18.0 Å². The van der Waals surface area contributed by atoms with Gasteiger partial charge < -0.3 is 9.80 Å². The molecule has 2 fully saturated rings. The molecule has 176 valence electrons. The van der Waals surface area contributed by atoms with E-state index in [9.17, 15) is 4.79 Å². The van der Waals surface area contributed by atoms with Crippen molar-refractivity contribution in [3.8, 4) is 5.69 Å². The first-order valence-electron chi connectivity index (χ1n) is 11.6. The second-order valence-electron chi connectivity index (χ2n) is 10.0. The molecule has 1 aromatic carbocycles. The Morgan fingerprint density at radius 1 is 1.18 bits per heavy atom. The van der Waals surface area contributed by atoms with Gasteiger partial charge >= 0.3 is 0 Å². The van der Waals surface area contributed by atoms with Crippen LogP contribution < -0.4 is 4.90 Å². The zero-order chi connectivity index (χ0) is 23.4. The molecular weight excluding hydrogens is 452 g/mol. The van der Waals surface area contributed by atoms with E-state index in [0.717, 1.165) is 54.6 Å². The fraction of sp³-hybridized carbons (Fsp3) is 0.458. The zero-order valence-corrected chi connectivity index (χ0v) is 20.1. The molecule has 0 N–H and O–H groups in total. The predicted octanol–water partition coefficient (Wildman–Crippen LogP) is 2.50. The summed E-state index contributed by atoms with van der Waals surface area (Å²) in [4.78, 5) is 26.9. The first kappa shape index (κ1) is 21.5. The third-order valence-corrected chi connectivity index (χ3v) is 7.56. The Morgan fingerprint density at radius 3 is 2.74 bits per heavy atom. The van der Waals surface area contributed by atoms with Crippen LogP contribution >= 0.6 is 11.6 Å². The average Bonchev–Trinajstić information content (AvgIpc) is 3.08. The molecule has 9 nitrogen and oxygen atoms in total. The molecule has 2 aliphatic heterocycles. The summed E-state index contributed by atoms with van der Waals surface area (Å²) < 4.78 is 2.21. The summed E-state index contributed by atoms with van der Waals surface area (Å²) in [6, 6.07) is 7.94. The first-order chi connectivity index (χ1) is 16.4. The molecule has 0 radical (unpaired) electrons. The van der Waals surface area contributed by atoms with Gasteiger partial charge in [-0.05, 0) is 42.7 Å². The van der Waals surface area contributed by atoms with Crippen LogP contribution in [0.1, 0.15) is 36.0 Å². The summed E-state index contributed by atoms with van der Waals surface area (Å²) in [5.41, 5.74) is 2.49. The van der Waals surface area contributed by atoms with Gasteiger partial charge in [-0.1, -0.05) is 11.6 Å². The Labute approximate surface area is 203 Å². The van der Waals surface area contributed by atoms with Gasteiger partial charge in [0.15, 0.2) is 5.82 Å². The van der Waals surface area contributed by atoms with Crippen LogP contribution in [0.15, 0.2) is 36.8 Å². The molecule has 1 saturated heterocycles. The molecule has 4 heterocycles. The maximum absolute atomic E-state index is 12.4. The van der Waals surface area contributed by atoms with Gasteiger partial charge in [-0.25, -0.2) is 9.97 Å². The number of halogens is 1. The molecule has 0 atom stereocenters. The van der Waals surface area contributed by atoms with Crippen LogP contribution in [-0.2, 0) is 17.9 Å². The van der Waals surface area contributed by atoms with Crippen molar-refractivity contribution in [2.75, 3.05) is 38.6 Å². The van der Waals surface area contributed by atoms with Crippen molar-refractivity contribution in [3.05, 3.63) is 59.0 Å². The van der Waals surface area contributed by atoms with Crippen molar-refractivity contribution in [3.63, 3.8) is 0 Å². The van der Waals surface area contributed by atoms with E-state index in [1.54, 1.807) is 31.5 Å². The highest BCUT2D eigenvalue weighted by atomic mass is 35.5. The van der Waals surface area contributed by atoms with Gasteiger partial charge in [-0.15, -0.1) is 10.2 Å². The number of hydrogen-bond acceptors (Lipinski definition) is 7. The lowest BCUT2D eigenvalue weighted by Gasteiger charge is -2.59. The highest BCUT2D eigenvalue weighted by Crippen LogP contribution is 2.56. The van der Waals surface area contributed by atoms with Gasteiger partial charge in [0.05, 0.1) is 18.8 Å². The molecule has 0 unspecified atom stereocenters. The van der Waals surface area contributed by atoms with Crippen LogP contribution in [0.2, 0.25) is 5.02 Å². The molecule has 1 spiro atoms. The van der Waals surface area contributed by atoms with E-state index in [0.29, 0.717) is 36.0 Å². The molecule has 1 saturated carbocycles. The Hall–Kier alpha value is -3.04. The number of anilines is 1. The first-order valence-corrected chi connectivity index (χ1v) is 12.0. The van der Waals surface area contributed by atoms with E-state index in [1.807, 2.05) is 18.2 Å². The number of carbonyl (C=O) groups excluding carboxylic acids is 1. The standard InChI is InChI=1S/C24H27ClN8O/c1-30(2)22(34)12-31-10-16-7-18(25)3-4-19(16)33-21(11-31)28-29-23(33)17-8-24(9-17)13-32(14-24)20-5-6-26-15-27-20/h3-7,15,17H,8-14H2,1-2H3. The summed E-state index contributed by atoms with van der Waals surface area (Å²) >= 11 is 6.36. The van der Waals surface area contributed by atoms with Crippen LogP contribution in [-0.4, -0.2) is 74.2 Å². The Morgan fingerprint density at radius 2 is 2.00 bits per heavy atom. The molecular formula is C24H27ClN8O. The lowest BCUT2D eigenvalue weighted by molar-refractivity contribution is -0.130. The summed E-state index contributed by atoms with van der Waals surface area (Å²) in [6.07, 6.45) is 5.59. The summed E-state index contributed by atoms with van der Waals surface area (Å²) in [6.45, 7) is 3.58. The van der Waals surface area contributed by atoms with Crippen LogP contribution in [0.4, 0.5) is 5.82 Å². The van der Waals surface area contributed by atoms with Crippen molar-refractivity contribution < 1.29 is 4.79 Å². The third kappa shape index (κ3) is 3.63. The number of rotatable bonds is 4. The summed E-state index contributed by atoms with van der Waals surface area (Å²) in [5.74, 6) is 3.33. The van der Waals surface area contributed by atoms with Crippen LogP contribution in [0.5, 0.6) is 0 Å². The fourth-order valence-electron chi connectivity index (χ4n) is 5.62. The Balaban J connectivity index is 1.24. The maximum Gasteiger partial charge on any atom is 0.236 e. The van der Waals surface area contributed by atoms with E-state index < -0.39 is 0 Å². The minimum Gasteiger partial charge on any atom is -0.355 e. The highest BCUT2D eigenvalue weighted by molar-refractivity contribution is 6.30. The Kier molecular flexibility index (Phi) is 5.07. The van der Waals surface area contributed by atoms with Crippen molar-refractivity contribution in [1.82, 2.24) is 34.5 Å². The van der Waals surface area contributed by atoms with E-state index in [1.165, 1.54) is 0 Å². The largest absolute Gasteiger partial charge is 0.355 e. The fourth-order valence-corrected chi connectivity index (χ4v) is 5.82. The van der Waals surface area contributed by atoms with Crippen LogP contribution in [0, 0.1) is 5.41 Å². The van der Waals surface area contributed by atoms with Gasteiger partial charge in [-0.3, -0.25) is 14.3 Å². The molecule has 2 aromatic heterocycles. The molecule has 6 rings (SSSR count). The lowest BCUT2D eigenvalue weighted by Crippen LogP contribution is -2.62. The van der Waals surface area contributed by atoms with Crippen molar-refractivity contribution in [2.24, 2.45) is 5.41 Å². The molecule has 34 heavy (non-hydrogen) atoms. The number of likely N-dealkylation sites (N-methyl/N-ethyl adjacent to an activating group) is 1.